The van der Waals surface area contributed by atoms with Crippen LogP contribution in [0.3, 0.4) is 0 Å². The molecule has 0 radical (unpaired) electrons. The number of nitrogens with zero attached hydrogens (tertiary/aromatic N) is 1. The third-order valence-corrected chi connectivity index (χ3v) is 5.07. The maximum Gasteiger partial charge on any atom is 0.136 e. The van der Waals surface area contributed by atoms with Crippen molar-refractivity contribution in [2.45, 2.75) is 53.4 Å². The predicted molar refractivity (Wildman–Crippen MR) is 75.8 cm³/mol. The second-order valence-electron chi connectivity index (χ2n) is 6.45. The number of carbonyl (C=O) groups is 1. The maximum atomic E-state index is 12.2. The van der Waals surface area contributed by atoms with Crippen LogP contribution in [0.15, 0.2) is 5.38 Å². The Labute approximate surface area is 114 Å². The molecule has 1 aromatic heterocycles. The highest BCUT2D eigenvalue weighted by Crippen LogP contribution is 2.40. The Morgan fingerprint density at radius 1 is 1.44 bits per heavy atom. The SMILES string of the molecule is Cc1csc(CC(C)(C)C2CCC(C)CC2=O)n1. The molecule has 100 valence electrons. The summed E-state index contributed by atoms with van der Waals surface area (Å²) in [5.74, 6) is 1.26. The molecule has 1 aliphatic carbocycles. The van der Waals surface area contributed by atoms with E-state index < -0.39 is 0 Å². The fourth-order valence-corrected chi connectivity index (χ4v) is 4.03. The van der Waals surface area contributed by atoms with Gasteiger partial charge in [-0.05, 0) is 31.1 Å². The number of ketones is 1. The van der Waals surface area contributed by atoms with E-state index in [0.29, 0.717) is 11.7 Å². The summed E-state index contributed by atoms with van der Waals surface area (Å²) in [5.41, 5.74) is 1.14. The largest absolute Gasteiger partial charge is 0.299 e. The van der Waals surface area contributed by atoms with Gasteiger partial charge in [0.2, 0.25) is 0 Å². The lowest BCUT2D eigenvalue weighted by molar-refractivity contribution is -0.129. The minimum absolute atomic E-state index is 0.0432. The number of aryl methyl sites for hydroxylation is 1. The summed E-state index contributed by atoms with van der Waals surface area (Å²) in [6, 6.07) is 0. The van der Waals surface area contributed by atoms with E-state index in [-0.39, 0.29) is 11.3 Å². The van der Waals surface area contributed by atoms with E-state index in [4.69, 9.17) is 0 Å². The van der Waals surface area contributed by atoms with Crippen molar-refractivity contribution in [1.29, 1.82) is 0 Å². The Morgan fingerprint density at radius 2 is 2.17 bits per heavy atom. The predicted octanol–water partition coefficient (Wildman–Crippen LogP) is 4.03. The van der Waals surface area contributed by atoms with Crippen molar-refractivity contribution in [3.05, 3.63) is 16.1 Å². The van der Waals surface area contributed by atoms with Crippen LogP contribution in [0, 0.1) is 24.2 Å². The number of aromatic nitrogens is 1. The highest BCUT2D eigenvalue weighted by Gasteiger charge is 2.38. The van der Waals surface area contributed by atoms with Gasteiger partial charge in [-0.15, -0.1) is 11.3 Å². The Kier molecular flexibility index (Phi) is 3.90. The first kappa shape index (κ1) is 13.7. The molecule has 0 aromatic carbocycles. The number of carbonyl (C=O) groups excluding carboxylic acids is 1. The van der Waals surface area contributed by atoms with Crippen LogP contribution in [0.5, 0.6) is 0 Å². The van der Waals surface area contributed by atoms with E-state index in [9.17, 15) is 4.79 Å². The molecule has 0 bridgehead atoms. The topological polar surface area (TPSA) is 30.0 Å². The lowest BCUT2D eigenvalue weighted by Gasteiger charge is -2.37. The van der Waals surface area contributed by atoms with Crippen molar-refractivity contribution in [3.8, 4) is 0 Å². The van der Waals surface area contributed by atoms with Crippen LogP contribution in [-0.4, -0.2) is 10.8 Å². The smallest absolute Gasteiger partial charge is 0.136 e. The van der Waals surface area contributed by atoms with Gasteiger partial charge < -0.3 is 0 Å². The average molecular weight is 265 g/mol. The lowest BCUT2D eigenvalue weighted by Crippen LogP contribution is -2.36. The number of hydrogen-bond donors (Lipinski definition) is 0. The number of hydrogen-bond acceptors (Lipinski definition) is 3. The third kappa shape index (κ3) is 3.00. The van der Waals surface area contributed by atoms with E-state index in [2.05, 4.69) is 31.1 Å². The summed E-state index contributed by atoms with van der Waals surface area (Å²) in [5, 5.41) is 3.26. The Bertz CT molecular complexity index is 435. The van der Waals surface area contributed by atoms with Crippen molar-refractivity contribution >= 4 is 17.1 Å². The highest BCUT2D eigenvalue weighted by atomic mass is 32.1. The third-order valence-electron chi connectivity index (χ3n) is 4.10. The van der Waals surface area contributed by atoms with Crippen molar-refractivity contribution < 1.29 is 4.79 Å². The van der Waals surface area contributed by atoms with Gasteiger partial charge in [-0.1, -0.05) is 20.8 Å². The maximum absolute atomic E-state index is 12.2. The van der Waals surface area contributed by atoms with Crippen LogP contribution in [0.4, 0.5) is 0 Å². The fraction of sp³-hybridized carbons (Fsp3) is 0.733. The second kappa shape index (κ2) is 5.12. The Hall–Kier alpha value is -0.700. The van der Waals surface area contributed by atoms with E-state index in [0.717, 1.165) is 25.0 Å². The van der Waals surface area contributed by atoms with Crippen molar-refractivity contribution in [2.75, 3.05) is 0 Å². The van der Waals surface area contributed by atoms with Gasteiger partial charge in [0.1, 0.15) is 5.78 Å². The number of Topliss-reactive ketones (excluding diaryl/α,β-unsaturated/α-hetero) is 1. The summed E-state index contributed by atoms with van der Waals surface area (Å²) in [7, 11) is 0. The van der Waals surface area contributed by atoms with Gasteiger partial charge in [-0.25, -0.2) is 4.98 Å². The summed E-state index contributed by atoms with van der Waals surface area (Å²) in [4.78, 5) is 16.8. The summed E-state index contributed by atoms with van der Waals surface area (Å²) < 4.78 is 0. The van der Waals surface area contributed by atoms with Gasteiger partial charge in [-0.2, -0.15) is 0 Å². The first-order valence-electron chi connectivity index (χ1n) is 6.82. The van der Waals surface area contributed by atoms with Crippen molar-refractivity contribution in [3.63, 3.8) is 0 Å². The van der Waals surface area contributed by atoms with Gasteiger partial charge in [0.05, 0.1) is 5.01 Å². The molecule has 1 aromatic rings. The summed E-state index contributed by atoms with van der Waals surface area (Å²) in [6.45, 7) is 8.66. The minimum atomic E-state index is 0.0432. The molecule has 2 unspecified atom stereocenters. The molecule has 0 saturated heterocycles. The molecule has 18 heavy (non-hydrogen) atoms. The molecule has 2 nitrogen and oxygen atoms in total. The molecular formula is C15H23NOS. The minimum Gasteiger partial charge on any atom is -0.299 e. The summed E-state index contributed by atoms with van der Waals surface area (Å²) in [6.07, 6.45) is 3.94. The second-order valence-corrected chi connectivity index (χ2v) is 7.40. The zero-order valence-electron chi connectivity index (χ0n) is 11.8. The number of rotatable bonds is 3. The van der Waals surface area contributed by atoms with Gasteiger partial charge in [-0.3, -0.25) is 4.79 Å². The molecule has 1 fully saturated rings. The van der Waals surface area contributed by atoms with Crippen LogP contribution in [0.2, 0.25) is 0 Å². The zero-order chi connectivity index (χ0) is 13.3. The molecule has 0 N–H and O–H groups in total. The molecule has 1 heterocycles. The van der Waals surface area contributed by atoms with Gasteiger partial charge in [0.25, 0.3) is 0 Å². The standard InChI is InChI=1S/C15H23NOS/c1-10-5-6-12(13(17)7-10)15(3,4)8-14-16-11(2)9-18-14/h9-10,12H,5-8H2,1-4H3. The van der Waals surface area contributed by atoms with E-state index >= 15 is 0 Å². The summed E-state index contributed by atoms with van der Waals surface area (Å²) >= 11 is 1.72. The first-order valence-corrected chi connectivity index (χ1v) is 7.70. The quantitative estimate of drug-likeness (QED) is 0.826. The van der Waals surface area contributed by atoms with Crippen molar-refractivity contribution in [2.24, 2.45) is 17.3 Å². The molecule has 0 amide bonds. The Morgan fingerprint density at radius 3 is 2.72 bits per heavy atom. The van der Waals surface area contributed by atoms with Crippen LogP contribution >= 0.6 is 11.3 Å². The van der Waals surface area contributed by atoms with Gasteiger partial charge in [0.15, 0.2) is 0 Å². The zero-order valence-corrected chi connectivity index (χ0v) is 12.6. The van der Waals surface area contributed by atoms with E-state index in [1.807, 2.05) is 6.92 Å². The monoisotopic (exact) mass is 265 g/mol. The molecule has 1 aliphatic rings. The first-order chi connectivity index (χ1) is 8.38. The molecule has 3 heteroatoms. The molecule has 1 saturated carbocycles. The van der Waals surface area contributed by atoms with Gasteiger partial charge >= 0.3 is 0 Å². The van der Waals surface area contributed by atoms with Crippen LogP contribution < -0.4 is 0 Å². The van der Waals surface area contributed by atoms with Crippen molar-refractivity contribution in [1.82, 2.24) is 4.98 Å². The molecule has 2 rings (SSSR count). The van der Waals surface area contributed by atoms with E-state index in [1.54, 1.807) is 11.3 Å². The average Bonchev–Trinajstić information content (AvgIpc) is 2.62. The lowest BCUT2D eigenvalue weighted by atomic mass is 9.67. The van der Waals surface area contributed by atoms with Crippen LogP contribution in [0.1, 0.15) is 50.7 Å². The number of thiazole rings is 1. The molecular weight excluding hydrogens is 242 g/mol. The normalized spacial score (nSPS) is 25.4. The van der Waals surface area contributed by atoms with Crippen LogP contribution in [-0.2, 0) is 11.2 Å². The highest BCUT2D eigenvalue weighted by molar-refractivity contribution is 7.09. The van der Waals surface area contributed by atoms with Crippen LogP contribution in [0.25, 0.3) is 0 Å². The molecule has 0 aliphatic heterocycles. The Balaban J connectivity index is 2.08. The molecule has 2 atom stereocenters. The fourth-order valence-electron chi connectivity index (χ4n) is 3.02. The van der Waals surface area contributed by atoms with Gasteiger partial charge in [0, 0.05) is 29.8 Å². The molecule has 0 spiro atoms. The van der Waals surface area contributed by atoms with E-state index in [1.165, 1.54) is 11.4 Å².